The minimum atomic E-state index is -0.181. The van der Waals surface area contributed by atoms with Crippen molar-refractivity contribution >= 4 is 5.91 Å². The van der Waals surface area contributed by atoms with Crippen LogP contribution in [0.25, 0.3) is 0 Å². The van der Waals surface area contributed by atoms with Gasteiger partial charge in [0.15, 0.2) is 0 Å². The van der Waals surface area contributed by atoms with E-state index in [0.29, 0.717) is 36.3 Å². The third-order valence-electron chi connectivity index (χ3n) is 4.82. The zero-order valence-electron chi connectivity index (χ0n) is 14.2. The zero-order chi connectivity index (χ0) is 17.4. The quantitative estimate of drug-likeness (QED) is 0.838. The first-order chi connectivity index (χ1) is 12.2. The van der Waals surface area contributed by atoms with E-state index < -0.39 is 0 Å². The van der Waals surface area contributed by atoms with Crippen LogP contribution < -0.4 is 4.74 Å². The molecule has 0 aliphatic carbocycles. The van der Waals surface area contributed by atoms with Crippen LogP contribution in [0.2, 0.25) is 0 Å². The highest BCUT2D eigenvalue weighted by Gasteiger charge is 2.42. The van der Waals surface area contributed by atoms with E-state index >= 15 is 0 Å². The molecule has 4 rings (SSSR count). The van der Waals surface area contributed by atoms with Crippen LogP contribution in [0, 0.1) is 12.8 Å². The van der Waals surface area contributed by atoms with Crippen LogP contribution in [0.4, 0.5) is 0 Å². The number of rotatable bonds is 3. The summed E-state index contributed by atoms with van der Waals surface area (Å²) < 4.78 is 16.8. The van der Waals surface area contributed by atoms with E-state index in [0.717, 1.165) is 12.8 Å². The fourth-order valence-electron chi connectivity index (χ4n) is 3.63. The molecule has 0 unspecified atom stereocenters. The van der Waals surface area contributed by atoms with Gasteiger partial charge in [0.1, 0.15) is 11.7 Å². The number of amides is 1. The number of hydrogen-bond acceptors (Lipinski definition) is 7. The number of carbonyl (C=O) groups excluding carboxylic acids is 1. The highest BCUT2D eigenvalue weighted by Crippen LogP contribution is 2.40. The lowest BCUT2D eigenvalue weighted by Crippen LogP contribution is -2.44. The summed E-state index contributed by atoms with van der Waals surface area (Å²) in [6, 6.07) is 3.49. The average Bonchev–Trinajstić information content (AvgIpc) is 3.26. The van der Waals surface area contributed by atoms with Gasteiger partial charge in [0.05, 0.1) is 13.2 Å². The lowest BCUT2D eigenvalue weighted by molar-refractivity contribution is -0.00638. The molecule has 2 aromatic heterocycles. The number of hydrogen-bond donors (Lipinski definition) is 0. The maximum Gasteiger partial charge on any atom is 0.259 e. The molecule has 2 saturated heterocycles. The second-order valence-electron chi connectivity index (χ2n) is 6.42. The summed E-state index contributed by atoms with van der Waals surface area (Å²) in [6.45, 7) is 3.05. The third-order valence-corrected chi connectivity index (χ3v) is 4.82. The zero-order valence-corrected chi connectivity index (χ0v) is 14.2. The van der Waals surface area contributed by atoms with Crippen LogP contribution in [0.15, 0.2) is 22.7 Å². The van der Waals surface area contributed by atoms with Crippen LogP contribution in [-0.4, -0.2) is 52.3 Å². The van der Waals surface area contributed by atoms with Gasteiger partial charge in [-0.05, 0) is 25.0 Å². The van der Waals surface area contributed by atoms with Crippen molar-refractivity contribution in [2.75, 3.05) is 20.2 Å². The summed E-state index contributed by atoms with van der Waals surface area (Å²) in [7, 11) is 1.52. The van der Waals surface area contributed by atoms with Gasteiger partial charge in [-0.3, -0.25) is 4.79 Å². The van der Waals surface area contributed by atoms with E-state index in [1.807, 2.05) is 4.90 Å². The number of methoxy groups -OCH3 is 1. The number of aromatic nitrogens is 3. The van der Waals surface area contributed by atoms with Crippen molar-refractivity contribution < 1.29 is 18.7 Å². The molecule has 0 saturated carbocycles. The van der Waals surface area contributed by atoms with Crippen molar-refractivity contribution in [1.29, 1.82) is 0 Å². The Morgan fingerprint density at radius 2 is 2.28 bits per heavy atom. The molecule has 2 aliphatic heterocycles. The van der Waals surface area contributed by atoms with E-state index in [1.165, 1.54) is 7.11 Å². The molecule has 8 heteroatoms. The van der Waals surface area contributed by atoms with Crippen LogP contribution in [0.5, 0.6) is 5.88 Å². The second kappa shape index (κ2) is 6.44. The lowest BCUT2D eigenvalue weighted by Gasteiger charge is -2.34. The van der Waals surface area contributed by atoms with E-state index in [9.17, 15) is 4.79 Å². The number of carbonyl (C=O) groups is 1. The number of ether oxygens (including phenoxy) is 2. The highest BCUT2D eigenvalue weighted by molar-refractivity contribution is 5.96. The van der Waals surface area contributed by atoms with Gasteiger partial charge >= 0.3 is 0 Å². The summed E-state index contributed by atoms with van der Waals surface area (Å²) in [5.41, 5.74) is 0.492. The van der Waals surface area contributed by atoms with Gasteiger partial charge < -0.3 is 18.8 Å². The predicted molar refractivity (Wildman–Crippen MR) is 86.1 cm³/mol. The molecule has 8 nitrogen and oxygen atoms in total. The molecule has 0 radical (unpaired) electrons. The standard InChI is InChI=1S/C17H20N4O4/c1-10-19-20-16(24-10)14-8-11-9-21(7-5-13(11)25-14)17(22)12-4-3-6-18-15(12)23-2/h3-4,6,11,13-14H,5,7-9H2,1-2H3/t11-,13-,14+/m1/s1. The van der Waals surface area contributed by atoms with Crippen LogP contribution in [0.1, 0.15) is 41.1 Å². The molecule has 132 valence electrons. The van der Waals surface area contributed by atoms with Crippen LogP contribution >= 0.6 is 0 Å². The van der Waals surface area contributed by atoms with Crippen molar-refractivity contribution in [1.82, 2.24) is 20.1 Å². The fourth-order valence-corrected chi connectivity index (χ4v) is 3.63. The Labute approximate surface area is 145 Å². The predicted octanol–water partition coefficient (Wildman–Crippen LogP) is 1.77. The maximum absolute atomic E-state index is 12.8. The summed E-state index contributed by atoms with van der Waals surface area (Å²) in [5.74, 6) is 1.63. The Balaban J connectivity index is 1.46. The largest absolute Gasteiger partial charge is 0.480 e. The smallest absolute Gasteiger partial charge is 0.259 e. The van der Waals surface area contributed by atoms with Crippen molar-refractivity contribution in [3.05, 3.63) is 35.7 Å². The van der Waals surface area contributed by atoms with Gasteiger partial charge in [0.25, 0.3) is 5.91 Å². The molecule has 2 aromatic rings. The van der Waals surface area contributed by atoms with Crippen LogP contribution in [0.3, 0.4) is 0 Å². The Hall–Kier alpha value is -2.48. The highest BCUT2D eigenvalue weighted by atomic mass is 16.5. The molecule has 0 N–H and O–H groups in total. The Kier molecular flexibility index (Phi) is 4.12. The lowest BCUT2D eigenvalue weighted by atomic mass is 9.92. The van der Waals surface area contributed by atoms with Gasteiger partial charge in [-0.25, -0.2) is 4.98 Å². The van der Waals surface area contributed by atoms with Crippen molar-refractivity contribution in [2.45, 2.75) is 32.0 Å². The molecule has 2 fully saturated rings. The number of likely N-dealkylation sites (tertiary alicyclic amines) is 1. The molecule has 0 aromatic carbocycles. The van der Waals surface area contributed by atoms with Crippen molar-refractivity contribution in [3.8, 4) is 5.88 Å². The number of piperidine rings is 1. The van der Waals surface area contributed by atoms with E-state index in [-0.39, 0.29) is 24.0 Å². The monoisotopic (exact) mass is 344 g/mol. The second-order valence-corrected chi connectivity index (χ2v) is 6.42. The first-order valence-corrected chi connectivity index (χ1v) is 8.39. The molecule has 25 heavy (non-hydrogen) atoms. The molecule has 2 aliphatic rings. The van der Waals surface area contributed by atoms with Gasteiger partial charge in [-0.2, -0.15) is 0 Å². The van der Waals surface area contributed by atoms with E-state index in [1.54, 1.807) is 25.3 Å². The first kappa shape index (κ1) is 16.0. The van der Waals surface area contributed by atoms with Gasteiger partial charge in [0, 0.05) is 32.1 Å². The molecular weight excluding hydrogens is 324 g/mol. The number of pyridine rings is 1. The minimum absolute atomic E-state index is 0.0551. The fraction of sp³-hybridized carbons (Fsp3) is 0.529. The Bertz CT molecular complexity index is 778. The summed E-state index contributed by atoms with van der Waals surface area (Å²) in [4.78, 5) is 18.8. The molecule has 0 spiro atoms. The summed E-state index contributed by atoms with van der Waals surface area (Å²) in [6.07, 6.45) is 3.13. The Morgan fingerprint density at radius 1 is 1.40 bits per heavy atom. The van der Waals surface area contributed by atoms with Crippen LogP contribution in [-0.2, 0) is 4.74 Å². The average molecular weight is 344 g/mol. The summed E-state index contributed by atoms with van der Waals surface area (Å²) >= 11 is 0. The topological polar surface area (TPSA) is 90.6 Å². The SMILES string of the molecule is COc1ncccc1C(=O)N1CC[C@H]2O[C@H](c3nnc(C)o3)C[C@@H]2C1. The molecule has 4 heterocycles. The van der Waals surface area contributed by atoms with E-state index in [4.69, 9.17) is 13.9 Å². The van der Waals surface area contributed by atoms with Gasteiger partial charge in [-0.15, -0.1) is 10.2 Å². The Morgan fingerprint density at radius 3 is 3.04 bits per heavy atom. The van der Waals surface area contributed by atoms with Gasteiger partial charge in [0.2, 0.25) is 17.7 Å². The summed E-state index contributed by atoms with van der Waals surface area (Å²) in [5, 5.41) is 7.93. The van der Waals surface area contributed by atoms with Crippen molar-refractivity contribution in [2.24, 2.45) is 5.92 Å². The van der Waals surface area contributed by atoms with E-state index in [2.05, 4.69) is 15.2 Å². The maximum atomic E-state index is 12.8. The molecule has 0 bridgehead atoms. The molecule has 1 amide bonds. The third kappa shape index (κ3) is 2.97. The van der Waals surface area contributed by atoms with Crippen molar-refractivity contribution in [3.63, 3.8) is 0 Å². The molecular formula is C17H20N4O4. The molecule has 3 atom stereocenters. The number of aryl methyl sites for hydroxylation is 1. The number of fused-ring (bicyclic) bond motifs is 1. The first-order valence-electron chi connectivity index (χ1n) is 8.39. The number of nitrogens with zero attached hydrogens (tertiary/aromatic N) is 4. The minimum Gasteiger partial charge on any atom is -0.480 e. The van der Waals surface area contributed by atoms with Gasteiger partial charge in [-0.1, -0.05) is 0 Å². The normalized spacial score (nSPS) is 25.7.